The standard InChI is InChI=1S/C16H26N2/c1-11-4-9-16(13(3)12(11)2)18-10-14-5-7-15(17)8-6-14/h4,9,14-15,18H,5-8,10,17H2,1-3H3. The lowest BCUT2D eigenvalue weighted by atomic mass is 9.86. The van der Waals surface area contributed by atoms with E-state index >= 15 is 0 Å². The molecule has 0 saturated heterocycles. The minimum absolute atomic E-state index is 0.449. The van der Waals surface area contributed by atoms with E-state index in [0.717, 1.165) is 12.5 Å². The summed E-state index contributed by atoms with van der Waals surface area (Å²) in [7, 11) is 0. The molecule has 1 aliphatic rings. The van der Waals surface area contributed by atoms with Gasteiger partial charge in [0, 0.05) is 18.3 Å². The summed E-state index contributed by atoms with van der Waals surface area (Å²) in [4.78, 5) is 0. The third kappa shape index (κ3) is 3.05. The van der Waals surface area contributed by atoms with E-state index in [0.29, 0.717) is 6.04 Å². The molecule has 0 bridgehead atoms. The molecule has 2 rings (SSSR count). The first kappa shape index (κ1) is 13.4. The number of anilines is 1. The summed E-state index contributed by atoms with van der Waals surface area (Å²) in [6.07, 6.45) is 4.94. The maximum atomic E-state index is 5.94. The Morgan fingerprint density at radius 3 is 2.39 bits per heavy atom. The Morgan fingerprint density at radius 1 is 1.06 bits per heavy atom. The maximum Gasteiger partial charge on any atom is 0.0372 e. The van der Waals surface area contributed by atoms with Gasteiger partial charge in [-0.3, -0.25) is 0 Å². The van der Waals surface area contributed by atoms with E-state index in [2.05, 4.69) is 38.2 Å². The molecule has 3 N–H and O–H groups in total. The number of nitrogens with one attached hydrogen (secondary N) is 1. The second-order valence-electron chi connectivity index (χ2n) is 5.84. The molecule has 1 aromatic rings. The summed E-state index contributed by atoms with van der Waals surface area (Å²) in [6.45, 7) is 7.68. The van der Waals surface area contributed by atoms with Crippen molar-refractivity contribution >= 4 is 5.69 Å². The van der Waals surface area contributed by atoms with Crippen molar-refractivity contribution in [2.24, 2.45) is 11.7 Å². The van der Waals surface area contributed by atoms with Gasteiger partial charge in [-0.2, -0.15) is 0 Å². The fourth-order valence-electron chi connectivity index (χ4n) is 2.79. The van der Waals surface area contributed by atoms with Crippen molar-refractivity contribution in [3.63, 3.8) is 0 Å². The quantitative estimate of drug-likeness (QED) is 0.856. The molecule has 0 aromatic heterocycles. The van der Waals surface area contributed by atoms with Crippen LogP contribution in [0, 0.1) is 26.7 Å². The fraction of sp³-hybridized carbons (Fsp3) is 0.625. The van der Waals surface area contributed by atoms with Gasteiger partial charge in [0.2, 0.25) is 0 Å². The van der Waals surface area contributed by atoms with E-state index in [1.165, 1.54) is 48.1 Å². The Balaban J connectivity index is 1.92. The molecule has 1 saturated carbocycles. The molecule has 0 unspecified atom stereocenters. The maximum absolute atomic E-state index is 5.94. The predicted octanol–water partition coefficient (Wildman–Crippen LogP) is 3.54. The second-order valence-corrected chi connectivity index (χ2v) is 5.84. The Hall–Kier alpha value is -1.02. The summed E-state index contributed by atoms with van der Waals surface area (Å²) in [5.41, 5.74) is 11.4. The molecule has 0 spiro atoms. The first-order valence-electron chi connectivity index (χ1n) is 7.14. The Morgan fingerprint density at radius 2 is 1.72 bits per heavy atom. The van der Waals surface area contributed by atoms with Crippen molar-refractivity contribution in [1.29, 1.82) is 0 Å². The summed E-state index contributed by atoms with van der Waals surface area (Å²) in [5.74, 6) is 0.797. The van der Waals surface area contributed by atoms with Gasteiger partial charge in [-0.25, -0.2) is 0 Å². The Labute approximate surface area is 111 Å². The van der Waals surface area contributed by atoms with Crippen molar-refractivity contribution in [3.05, 3.63) is 28.8 Å². The number of benzene rings is 1. The summed E-state index contributed by atoms with van der Waals surface area (Å²) in [5, 5.41) is 3.62. The molecule has 0 heterocycles. The molecular weight excluding hydrogens is 220 g/mol. The minimum atomic E-state index is 0.449. The van der Waals surface area contributed by atoms with Crippen LogP contribution < -0.4 is 11.1 Å². The van der Waals surface area contributed by atoms with Gasteiger partial charge >= 0.3 is 0 Å². The van der Waals surface area contributed by atoms with Gasteiger partial charge < -0.3 is 11.1 Å². The molecule has 0 atom stereocenters. The second kappa shape index (κ2) is 5.75. The van der Waals surface area contributed by atoms with Crippen molar-refractivity contribution < 1.29 is 0 Å². The summed E-state index contributed by atoms with van der Waals surface area (Å²) in [6, 6.07) is 4.87. The van der Waals surface area contributed by atoms with Crippen LogP contribution in [-0.4, -0.2) is 12.6 Å². The number of hydrogen-bond donors (Lipinski definition) is 2. The van der Waals surface area contributed by atoms with Crippen molar-refractivity contribution in [2.45, 2.75) is 52.5 Å². The van der Waals surface area contributed by atoms with Crippen LogP contribution in [0.4, 0.5) is 5.69 Å². The van der Waals surface area contributed by atoms with Crippen LogP contribution in [0.15, 0.2) is 12.1 Å². The van der Waals surface area contributed by atoms with Crippen LogP contribution >= 0.6 is 0 Å². The SMILES string of the molecule is Cc1ccc(NCC2CCC(N)CC2)c(C)c1C. The number of hydrogen-bond acceptors (Lipinski definition) is 2. The van der Waals surface area contributed by atoms with Gasteiger partial charge in [-0.1, -0.05) is 6.07 Å². The topological polar surface area (TPSA) is 38.0 Å². The normalized spacial score (nSPS) is 24.0. The average molecular weight is 246 g/mol. The number of rotatable bonds is 3. The predicted molar refractivity (Wildman–Crippen MR) is 79.1 cm³/mol. The van der Waals surface area contributed by atoms with Gasteiger partial charge in [0.25, 0.3) is 0 Å². The molecule has 18 heavy (non-hydrogen) atoms. The lowest BCUT2D eigenvalue weighted by molar-refractivity contribution is 0.339. The van der Waals surface area contributed by atoms with Gasteiger partial charge in [0.05, 0.1) is 0 Å². The highest BCUT2D eigenvalue weighted by molar-refractivity contribution is 5.55. The molecule has 0 radical (unpaired) electrons. The highest BCUT2D eigenvalue weighted by atomic mass is 14.9. The first-order valence-corrected chi connectivity index (χ1v) is 7.14. The molecule has 1 aliphatic carbocycles. The first-order chi connectivity index (χ1) is 8.58. The molecule has 2 heteroatoms. The van der Waals surface area contributed by atoms with Crippen LogP contribution in [-0.2, 0) is 0 Å². The minimum Gasteiger partial charge on any atom is -0.385 e. The summed E-state index contributed by atoms with van der Waals surface area (Å²) < 4.78 is 0. The van der Waals surface area contributed by atoms with E-state index in [9.17, 15) is 0 Å². The van der Waals surface area contributed by atoms with E-state index in [-0.39, 0.29) is 0 Å². The van der Waals surface area contributed by atoms with E-state index in [1.807, 2.05) is 0 Å². The molecule has 2 nitrogen and oxygen atoms in total. The molecular formula is C16H26N2. The van der Waals surface area contributed by atoms with Crippen LogP contribution in [0.3, 0.4) is 0 Å². The third-order valence-corrected chi connectivity index (χ3v) is 4.53. The zero-order valence-corrected chi connectivity index (χ0v) is 11.9. The van der Waals surface area contributed by atoms with E-state index < -0.39 is 0 Å². The smallest absolute Gasteiger partial charge is 0.0372 e. The van der Waals surface area contributed by atoms with Gasteiger partial charge in [0.15, 0.2) is 0 Å². The lowest BCUT2D eigenvalue weighted by Gasteiger charge is -2.27. The van der Waals surface area contributed by atoms with E-state index in [1.54, 1.807) is 0 Å². The lowest BCUT2D eigenvalue weighted by Crippen LogP contribution is -2.29. The van der Waals surface area contributed by atoms with Crippen LogP contribution in [0.2, 0.25) is 0 Å². The van der Waals surface area contributed by atoms with Crippen molar-refractivity contribution in [2.75, 3.05) is 11.9 Å². The molecule has 0 amide bonds. The van der Waals surface area contributed by atoms with Gasteiger partial charge in [-0.15, -0.1) is 0 Å². The molecule has 1 aromatic carbocycles. The van der Waals surface area contributed by atoms with Crippen molar-refractivity contribution in [1.82, 2.24) is 0 Å². The Bertz CT molecular complexity index is 404. The molecule has 1 fully saturated rings. The largest absolute Gasteiger partial charge is 0.385 e. The van der Waals surface area contributed by atoms with Crippen LogP contribution in [0.1, 0.15) is 42.4 Å². The zero-order valence-electron chi connectivity index (χ0n) is 11.9. The summed E-state index contributed by atoms with van der Waals surface area (Å²) >= 11 is 0. The zero-order chi connectivity index (χ0) is 13.1. The Kier molecular flexibility index (Phi) is 4.28. The fourth-order valence-corrected chi connectivity index (χ4v) is 2.79. The molecule has 100 valence electrons. The highest BCUT2D eigenvalue weighted by Crippen LogP contribution is 2.26. The van der Waals surface area contributed by atoms with Gasteiger partial charge in [-0.05, 0) is 75.1 Å². The average Bonchev–Trinajstić information content (AvgIpc) is 2.37. The number of aryl methyl sites for hydroxylation is 1. The number of nitrogens with two attached hydrogens (primary N) is 1. The van der Waals surface area contributed by atoms with Crippen LogP contribution in [0.5, 0.6) is 0 Å². The van der Waals surface area contributed by atoms with Crippen LogP contribution in [0.25, 0.3) is 0 Å². The molecule has 0 aliphatic heterocycles. The van der Waals surface area contributed by atoms with Crippen molar-refractivity contribution in [3.8, 4) is 0 Å². The van der Waals surface area contributed by atoms with Gasteiger partial charge in [0.1, 0.15) is 0 Å². The third-order valence-electron chi connectivity index (χ3n) is 4.53. The van der Waals surface area contributed by atoms with E-state index in [4.69, 9.17) is 5.73 Å². The highest BCUT2D eigenvalue weighted by Gasteiger charge is 2.18. The monoisotopic (exact) mass is 246 g/mol.